The molecule has 24 heavy (non-hydrogen) atoms. The predicted molar refractivity (Wildman–Crippen MR) is 84.1 cm³/mol. The zero-order chi connectivity index (χ0) is 17.5. The molecule has 2 rings (SSSR count). The highest BCUT2D eigenvalue weighted by molar-refractivity contribution is 5.92. The Morgan fingerprint density at radius 2 is 1.92 bits per heavy atom. The summed E-state index contributed by atoms with van der Waals surface area (Å²) in [6.45, 7) is 1.30. The first kappa shape index (κ1) is 17.3. The van der Waals surface area contributed by atoms with Crippen molar-refractivity contribution >= 4 is 17.7 Å². The Morgan fingerprint density at radius 3 is 2.54 bits per heavy atom. The molecule has 0 aliphatic carbocycles. The van der Waals surface area contributed by atoms with Crippen molar-refractivity contribution in [3.05, 3.63) is 35.6 Å². The largest absolute Gasteiger partial charge is 0.493 e. The second kappa shape index (κ2) is 8.00. The molecule has 1 aromatic heterocycles. The highest BCUT2D eigenvalue weighted by Gasteiger charge is 2.12. The van der Waals surface area contributed by atoms with E-state index in [1.165, 1.54) is 14.2 Å². The van der Waals surface area contributed by atoms with Crippen LogP contribution in [0, 0.1) is 6.92 Å². The number of ether oxygens (including phenoxy) is 3. The summed E-state index contributed by atoms with van der Waals surface area (Å²) in [5, 5.41) is 6.07. The summed E-state index contributed by atoms with van der Waals surface area (Å²) in [5.74, 6) is 0.890. The first-order valence-corrected chi connectivity index (χ1v) is 7.11. The molecule has 0 saturated carbocycles. The van der Waals surface area contributed by atoms with Crippen LogP contribution in [0.2, 0.25) is 0 Å². The minimum atomic E-state index is -0.534. The standard InChI is InChI=1S/C16H18N2O6/c1-10-6-14(18-24-10)17-15(19)9-23-16(20)8-11-4-5-12(21-2)13(7-11)22-3/h4-7H,8-9H2,1-3H3,(H,17,18,19). The number of esters is 1. The molecule has 0 fully saturated rings. The lowest BCUT2D eigenvalue weighted by Gasteiger charge is -2.09. The topological polar surface area (TPSA) is 99.9 Å². The molecule has 0 unspecified atom stereocenters. The fourth-order valence-corrected chi connectivity index (χ4v) is 1.96. The van der Waals surface area contributed by atoms with E-state index in [0.717, 1.165) is 0 Å². The third kappa shape index (κ3) is 4.73. The van der Waals surface area contributed by atoms with Gasteiger partial charge in [0.25, 0.3) is 5.91 Å². The number of carbonyl (C=O) groups is 2. The predicted octanol–water partition coefficient (Wildman–Crippen LogP) is 1.72. The van der Waals surface area contributed by atoms with Gasteiger partial charge in [-0.1, -0.05) is 11.2 Å². The molecule has 1 aromatic carbocycles. The molecule has 0 atom stereocenters. The normalized spacial score (nSPS) is 10.1. The Bertz CT molecular complexity index is 725. The van der Waals surface area contributed by atoms with Gasteiger partial charge in [0, 0.05) is 6.07 Å². The van der Waals surface area contributed by atoms with Crippen molar-refractivity contribution in [1.82, 2.24) is 5.16 Å². The van der Waals surface area contributed by atoms with Crippen molar-refractivity contribution in [2.24, 2.45) is 0 Å². The molecular formula is C16H18N2O6. The first-order valence-electron chi connectivity index (χ1n) is 7.11. The molecule has 128 valence electrons. The average molecular weight is 334 g/mol. The molecule has 0 radical (unpaired) electrons. The van der Waals surface area contributed by atoms with E-state index in [9.17, 15) is 9.59 Å². The van der Waals surface area contributed by atoms with Gasteiger partial charge in [0.1, 0.15) is 5.76 Å². The van der Waals surface area contributed by atoms with Crippen LogP contribution >= 0.6 is 0 Å². The number of methoxy groups -OCH3 is 2. The molecule has 1 amide bonds. The van der Waals surface area contributed by atoms with Crippen molar-refractivity contribution in [3.8, 4) is 11.5 Å². The molecule has 0 aliphatic rings. The molecule has 0 aliphatic heterocycles. The highest BCUT2D eigenvalue weighted by Crippen LogP contribution is 2.27. The molecule has 0 saturated heterocycles. The lowest BCUT2D eigenvalue weighted by atomic mass is 10.1. The van der Waals surface area contributed by atoms with Gasteiger partial charge in [-0.15, -0.1) is 0 Å². The maximum atomic E-state index is 11.8. The summed E-state index contributed by atoms with van der Waals surface area (Å²) >= 11 is 0. The van der Waals surface area contributed by atoms with Crippen molar-refractivity contribution in [2.45, 2.75) is 13.3 Å². The van der Waals surface area contributed by atoms with E-state index >= 15 is 0 Å². The molecule has 0 spiro atoms. The Labute approximate surface area is 138 Å². The molecule has 1 heterocycles. The molecule has 8 nitrogen and oxygen atoms in total. The van der Waals surface area contributed by atoms with Crippen LogP contribution in [-0.4, -0.2) is 37.9 Å². The van der Waals surface area contributed by atoms with Gasteiger partial charge in [-0.3, -0.25) is 9.59 Å². The smallest absolute Gasteiger partial charge is 0.310 e. The lowest BCUT2D eigenvalue weighted by molar-refractivity contribution is -0.146. The Hall–Kier alpha value is -3.03. The summed E-state index contributed by atoms with van der Waals surface area (Å²) in [6.07, 6.45) is 0.0106. The highest BCUT2D eigenvalue weighted by atomic mass is 16.5. The molecule has 0 bridgehead atoms. The molecule has 2 aromatic rings. The van der Waals surface area contributed by atoms with Crippen LogP contribution < -0.4 is 14.8 Å². The number of carbonyl (C=O) groups excluding carboxylic acids is 2. The van der Waals surface area contributed by atoms with Crippen LogP contribution in [0.4, 0.5) is 5.82 Å². The third-order valence-corrected chi connectivity index (χ3v) is 3.06. The van der Waals surface area contributed by atoms with Crippen LogP contribution in [0.5, 0.6) is 11.5 Å². The number of benzene rings is 1. The number of amides is 1. The van der Waals surface area contributed by atoms with E-state index in [1.807, 2.05) is 0 Å². The zero-order valence-corrected chi connectivity index (χ0v) is 13.6. The van der Waals surface area contributed by atoms with Gasteiger partial charge in [-0.2, -0.15) is 0 Å². The van der Waals surface area contributed by atoms with E-state index in [4.69, 9.17) is 18.7 Å². The summed E-state index contributed by atoms with van der Waals surface area (Å²) in [4.78, 5) is 23.5. The van der Waals surface area contributed by atoms with Gasteiger partial charge in [-0.05, 0) is 24.6 Å². The number of anilines is 1. The number of hydrogen-bond donors (Lipinski definition) is 1. The Balaban J connectivity index is 1.83. The van der Waals surface area contributed by atoms with Crippen molar-refractivity contribution in [3.63, 3.8) is 0 Å². The van der Waals surface area contributed by atoms with Crippen LogP contribution in [0.25, 0.3) is 0 Å². The van der Waals surface area contributed by atoms with Gasteiger partial charge in [0.2, 0.25) is 0 Å². The zero-order valence-electron chi connectivity index (χ0n) is 13.6. The SMILES string of the molecule is COc1ccc(CC(=O)OCC(=O)Nc2cc(C)on2)cc1OC. The summed E-state index contributed by atoms with van der Waals surface area (Å²) in [6, 6.07) is 6.66. The Kier molecular flexibility index (Phi) is 5.78. The lowest BCUT2D eigenvalue weighted by Crippen LogP contribution is -2.21. The number of nitrogens with zero attached hydrogens (tertiary/aromatic N) is 1. The molecular weight excluding hydrogens is 316 g/mol. The van der Waals surface area contributed by atoms with Crippen molar-refractivity contribution < 1.29 is 28.3 Å². The number of rotatable bonds is 7. The van der Waals surface area contributed by atoms with Crippen LogP contribution in [0.15, 0.2) is 28.8 Å². The maximum Gasteiger partial charge on any atom is 0.310 e. The summed E-state index contributed by atoms with van der Waals surface area (Å²) in [5.41, 5.74) is 0.685. The monoisotopic (exact) mass is 334 g/mol. The maximum absolute atomic E-state index is 11.8. The minimum Gasteiger partial charge on any atom is -0.493 e. The quantitative estimate of drug-likeness (QED) is 0.770. The van der Waals surface area contributed by atoms with E-state index < -0.39 is 18.5 Å². The van der Waals surface area contributed by atoms with E-state index in [-0.39, 0.29) is 12.2 Å². The number of nitrogens with one attached hydrogen (secondary N) is 1. The molecule has 1 N–H and O–H groups in total. The third-order valence-electron chi connectivity index (χ3n) is 3.06. The summed E-state index contributed by atoms with van der Waals surface area (Å²) in [7, 11) is 3.04. The van der Waals surface area contributed by atoms with Crippen LogP contribution in [-0.2, 0) is 20.7 Å². The fourth-order valence-electron chi connectivity index (χ4n) is 1.96. The van der Waals surface area contributed by atoms with Gasteiger partial charge in [0.05, 0.1) is 20.6 Å². The minimum absolute atomic E-state index is 0.0106. The fraction of sp³-hybridized carbons (Fsp3) is 0.312. The number of aromatic nitrogens is 1. The Morgan fingerprint density at radius 1 is 1.17 bits per heavy atom. The second-order valence-corrected chi connectivity index (χ2v) is 4.90. The van der Waals surface area contributed by atoms with Gasteiger partial charge in [-0.25, -0.2) is 0 Å². The van der Waals surface area contributed by atoms with E-state index in [2.05, 4.69) is 10.5 Å². The van der Waals surface area contributed by atoms with E-state index in [1.54, 1.807) is 31.2 Å². The van der Waals surface area contributed by atoms with Gasteiger partial charge in [0.15, 0.2) is 23.9 Å². The van der Waals surface area contributed by atoms with Crippen LogP contribution in [0.3, 0.4) is 0 Å². The van der Waals surface area contributed by atoms with Gasteiger partial charge < -0.3 is 24.1 Å². The molecule has 8 heteroatoms. The second-order valence-electron chi connectivity index (χ2n) is 4.90. The number of aryl methyl sites for hydroxylation is 1. The first-order chi connectivity index (χ1) is 11.5. The average Bonchev–Trinajstić information content (AvgIpc) is 2.97. The van der Waals surface area contributed by atoms with Crippen molar-refractivity contribution in [2.75, 3.05) is 26.1 Å². The summed E-state index contributed by atoms with van der Waals surface area (Å²) < 4.78 is 20.0. The van der Waals surface area contributed by atoms with Crippen LogP contribution in [0.1, 0.15) is 11.3 Å². The number of hydrogen-bond acceptors (Lipinski definition) is 7. The van der Waals surface area contributed by atoms with E-state index in [0.29, 0.717) is 22.8 Å². The van der Waals surface area contributed by atoms with Gasteiger partial charge >= 0.3 is 5.97 Å². The van der Waals surface area contributed by atoms with Crippen molar-refractivity contribution in [1.29, 1.82) is 0 Å².